The summed E-state index contributed by atoms with van der Waals surface area (Å²) in [6, 6.07) is 2.78. The van der Waals surface area contributed by atoms with Crippen LogP contribution in [0.4, 0.5) is 8.78 Å². The van der Waals surface area contributed by atoms with Crippen LogP contribution in [0.2, 0.25) is 0 Å². The van der Waals surface area contributed by atoms with Gasteiger partial charge in [0.25, 0.3) is 6.43 Å². The van der Waals surface area contributed by atoms with Gasteiger partial charge in [-0.15, -0.1) is 0 Å². The highest BCUT2D eigenvalue weighted by Gasteiger charge is 2.17. The number of Topliss-reactive ketones (excluding diaryl/α,β-unsaturated/α-hetero) is 1. The van der Waals surface area contributed by atoms with Gasteiger partial charge in [-0.3, -0.25) is 4.79 Å². The lowest BCUT2D eigenvalue weighted by Crippen LogP contribution is -2.01. The molecular formula is C10H9BrF2O. The standard InChI is InChI=1S/C10H9BrF2O/c1-5-3-7(6(2)14)8(10(12)13)4-9(5)11/h3-4,10H,1-2H3. The van der Waals surface area contributed by atoms with Crippen molar-refractivity contribution < 1.29 is 13.6 Å². The Balaban J connectivity index is 3.39. The summed E-state index contributed by atoms with van der Waals surface area (Å²) in [5.74, 6) is -0.337. The molecule has 0 radical (unpaired) electrons. The van der Waals surface area contributed by atoms with Crippen LogP contribution in [-0.2, 0) is 0 Å². The number of carbonyl (C=O) groups is 1. The minimum atomic E-state index is -2.62. The van der Waals surface area contributed by atoms with Crippen molar-refractivity contribution in [2.45, 2.75) is 20.3 Å². The molecule has 0 bridgehead atoms. The van der Waals surface area contributed by atoms with Crippen molar-refractivity contribution in [2.24, 2.45) is 0 Å². The van der Waals surface area contributed by atoms with Crippen LogP contribution in [0.15, 0.2) is 16.6 Å². The average Bonchev–Trinajstić information content (AvgIpc) is 2.08. The Morgan fingerprint density at radius 3 is 2.43 bits per heavy atom. The van der Waals surface area contributed by atoms with Crippen molar-refractivity contribution >= 4 is 21.7 Å². The van der Waals surface area contributed by atoms with Gasteiger partial charge in [0, 0.05) is 15.6 Å². The zero-order valence-corrected chi connectivity index (χ0v) is 9.36. The van der Waals surface area contributed by atoms with Crippen molar-refractivity contribution in [3.8, 4) is 0 Å². The SMILES string of the molecule is CC(=O)c1cc(C)c(Br)cc1C(F)F. The molecule has 0 saturated heterocycles. The van der Waals surface area contributed by atoms with E-state index in [1.807, 2.05) is 0 Å². The van der Waals surface area contributed by atoms with E-state index in [4.69, 9.17) is 0 Å². The van der Waals surface area contributed by atoms with Gasteiger partial charge >= 0.3 is 0 Å². The molecular weight excluding hydrogens is 254 g/mol. The summed E-state index contributed by atoms with van der Waals surface area (Å²) in [5.41, 5.74) is 0.662. The first kappa shape index (κ1) is 11.3. The molecule has 1 rings (SSSR count). The molecule has 0 spiro atoms. The Morgan fingerprint density at radius 1 is 1.43 bits per heavy atom. The number of ketones is 1. The van der Waals surface area contributed by atoms with Gasteiger partial charge in [-0.25, -0.2) is 8.78 Å². The Labute approximate surface area is 89.3 Å². The molecule has 0 N–H and O–H groups in total. The van der Waals surface area contributed by atoms with E-state index >= 15 is 0 Å². The number of halogens is 3. The molecule has 0 aliphatic rings. The molecule has 0 amide bonds. The molecule has 14 heavy (non-hydrogen) atoms. The third kappa shape index (κ3) is 2.18. The molecule has 0 aliphatic carbocycles. The summed E-state index contributed by atoms with van der Waals surface area (Å²) in [5, 5.41) is 0. The van der Waals surface area contributed by atoms with Crippen LogP contribution in [0.3, 0.4) is 0 Å². The van der Waals surface area contributed by atoms with Crippen LogP contribution in [0.1, 0.15) is 34.8 Å². The van der Waals surface area contributed by atoms with Crippen LogP contribution >= 0.6 is 15.9 Å². The summed E-state index contributed by atoms with van der Waals surface area (Å²) in [7, 11) is 0. The maximum Gasteiger partial charge on any atom is 0.264 e. The van der Waals surface area contributed by atoms with Crippen LogP contribution in [0, 0.1) is 6.92 Å². The third-order valence-electron chi connectivity index (χ3n) is 1.95. The minimum Gasteiger partial charge on any atom is -0.294 e. The van der Waals surface area contributed by atoms with E-state index < -0.39 is 6.43 Å². The Kier molecular flexibility index (Phi) is 3.37. The van der Waals surface area contributed by atoms with Crippen molar-refractivity contribution in [1.29, 1.82) is 0 Å². The van der Waals surface area contributed by atoms with Crippen molar-refractivity contribution in [1.82, 2.24) is 0 Å². The van der Waals surface area contributed by atoms with Gasteiger partial charge in [-0.1, -0.05) is 15.9 Å². The summed E-state index contributed by atoms with van der Waals surface area (Å²) < 4.78 is 25.6. The van der Waals surface area contributed by atoms with Gasteiger partial charge in [0.2, 0.25) is 0 Å². The topological polar surface area (TPSA) is 17.1 Å². The van der Waals surface area contributed by atoms with Crippen LogP contribution in [0.25, 0.3) is 0 Å². The molecule has 1 aromatic carbocycles. The van der Waals surface area contributed by atoms with Gasteiger partial charge in [0.05, 0.1) is 0 Å². The minimum absolute atomic E-state index is 0.0979. The fraction of sp³-hybridized carbons (Fsp3) is 0.300. The number of rotatable bonds is 2. The highest BCUT2D eigenvalue weighted by atomic mass is 79.9. The maximum atomic E-state index is 12.5. The normalized spacial score (nSPS) is 10.7. The second kappa shape index (κ2) is 4.17. The highest BCUT2D eigenvalue weighted by molar-refractivity contribution is 9.10. The zero-order chi connectivity index (χ0) is 10.9. The van der Waals surface area contributed by atoms with E-state index in [0.717, 1.165) is 5.56 Å². The largest absolute Gasteiger partial charge is 0.294 e. The average molecular weight is 263 g/mol. The monoisotopic (exact) mass is 262 g/mol. The second-order valence-corrected chi connectivity index (χ2v) is 3.90. The van der Waals surface area contributed by atoms with Crippen LogP contribution < -0.4 is 0 Å². The molecule has 1 nitrogen and oxygen atoms in total. The molecule has 0 heterocycles. The predicted octanol–water partition coefficient (Wildman–Crippen LogP) is 3.90. The summed E-state index contributed by atoms with van der Waals surface area (Å²) in [4.78, 5) is 11.1. The van der Waals surface area contributed by atoms with E-state index in [1.165, 1.54) is 19.1 Å². The van der Waals surface area contributed by atoms with Gasteiger partial charge in [-0.05, 0) is 31.5 Å². The molecule has 0 aliphatic heterocycles. The van der Waals surface area contributed by atoms with E-state index in [-0.39, 0.29) is 16.9 Å². The fourth-order valence-electron chi connectivity index (χ4n) is 1.18. The quantitative estimate of drug-likeness (QED) is 0.739. The van der Waals surface area contributed by atoms with Crippen LogP contribution in [-0.4, -0.2) is 5.78 Å². The third-order valence-corrected chi connectivity index (χ3v) is 2.80. The van der Waals surface area contributed by atoms with Crippen molar-refractivity contribution in [3.05, 3.63) is 33.3 Å². The number of hydrogen-bond donors (Lipinski definition) is 0. The molecule has 1 aromatic rings. The zero-order valence-electron chi connectivity index (χ0n) is 7.77. The molecule has 0 aromatic heterocycles. The number of alkyl halides is 2. The predicted molar refractivity (Wildman–Crippen MR) is 53.8 cm³/mol. The van der Waals surface area contributed by atoms with E-state index in [1.54, 1.807) is 6.92 Å². The smallest absolute Gasteiger partial charge is 0.264 e. The first-order valence-corrected chi connectivity index (χ1v) is 4.82. The van der Waals surface area contributed by atoms with E-state index in [9.17, 15) is 13.6 Å². The number of aryl methyl sites for hydroxylation is 1. The maximum absolute atomic E-state index is 12.5. The Hall–Kier alpha value is -0.770. The van der Waals surface area contributed by atoms with Gasteiger partial charge < -0.3 is 0 Å². The van der Waals surface area contributed by atoms with Gasteiger partial charge in [-0.2, -0.15) is 0 Å². The first-order valence-electron chi connectivity index (χ1n) is 4.02. The molecule has 4 heteroatoms. The van der Waals surface area contributed by atoms with Gasteiger partial charge in [0.15, 0.2) is 5.78 Å². The molecule has 0 atom stereocenters. The summed E-state index contributed by atoms with van der Waals surface area (Å²) >= 11 is 3.15. The van der Waals surface area contributed by atoms with Gasteiger partial charge in [0.1, 0.15) is 0 Å². The highest BCUT2D eigenvalue weighted by Crippen LogP contribution is 2.29. The molecule has 76 valence electrons. The molecule has 0 fully saturated rings. The molecule has 0 saturated carbocycles. The summed E-state index contributed by atoms with van der Waals surface area (Å²) in [6.45, 7) is 3.04. The number of carbonyl (C=O) groups excluding carboxylic acids is 1. The van der Waals surface area contributed by atoms with E-state index in [0.29, 0.717) is 4.47 Å². The Bertz CT molecular complexity index is 375. The fourth-order valence-corrected chi connectivity index (χ4v) is 1.54. The lowest BCUT2D eigenvalue weighted by molar-refractivity contribution is 0.0999. The van der Waals surface area contributed by atoms with Crippen molar-refractivity contribution in [3.63, 3.8) is 0 Å². The number of hydrogen-bond acceptors (Lipinski definition) is 1. The van der Waals surface area contributed by atoms with Crippen molar-refractivity contribution in [2.75, 3.05) is 0 Å². The first-order chi connectivity index (χ1) is 6.43. The Morgan fingerprint density at radius 2 is 2.00 bits per heavy atom. The van der Waals surface area contributed by atoms with E-state index in [2.05, 4.69) is 15.9 Å². The second-order valence-electron chi connectivity index (χ2n) is 3.05. The lowest BCUT2D eigenvalue weighted by Gasteiger charge is -2.08. The van der Waals surface area contributed by atoms with Crippen LogP contribution in [0.5, 0.6) is 0 Å². The molecule has 0 unspecified atom stereocenters. The lowest BCUT2D eigenvalue weighted by atomic mass is 10.0. The summed E-state index contributed by atoms with van der Waals surface area (Å²) in [6.07, 6.45) is -2.62. The number of benzene rings is 1.